The minimum Gasteiger partial charge on any atom is -0.490 e. The van der Waals surface area contributed by atoms with Gasteiger partial charge in [0, 0.05) is 13.1 Å². The monoisotopic (exact) mass is 258 g/mol. The molecule has 1 aliphatic heterocycles. The summed E-state index contributed by atoms with van der Waals surface area (Å²) < 4.78 is 43.4. The quantitative estimate of drug-likeness (QED) is 0.771. The Morgan fingerprint density at radius 1 is 1.22 bits per heavy atom. The molecular weight excluding hydrogens is 242 g/mol. The van der Waals surface area contributed by atoms with Crippen LogP contribution in [0.5, 0.6) is 5.75 Å². The minimum atomic E-state index is -4.95. The summed E-state index contributed by atoms with van der Waals surface area (Å²) in [4.78, 5) is 2.19. The van der Waals surface area contributed by atoms with Crippen molar-refractivity contribution >= 4 is 12.4 Å². The third-order valence-corrected chi connectivity index (χ3v) is 3.20. The predicted octanol–water partition coefficient (Wildman–Crippen LogP) is 2.21. The number of likely N-dealkylation sites (tertiary alicyclic amines) is 1. The Hall–Kier alpha value is -1.17. The van der Waals surface area contributed by atoms with Gasteiger partial charge in [-0.2, -0.15) is 0 Å². The fourth-order valence-corrected chi connectivity index (χ4v) is 2.09. The highest BCUT2D eigenvalue weighted by Gasteiger charge is 2.26. The Morgan fingerprint density at radius 3 is 2.50 bits per heavy atom. The van der Waals surface area contributed by atoms with Gasteiger partial charge in [0.2, 0.25) is 0 Å². The first-order valence-corrected chi connectivity index (χ1v) is 6.10. The van der Waals surface area contributed by atoms with Crippen LogP contribution < -0.4 is 10.2 Å². The van der Waals surface area contributed by atoms with Gasteiger partial charge >= 0.3 is 6.98 Å². The summed E-state index contributed by atoms with van der Waals surface area (Å²) >= 11 is 0. The summed E-state index contributed by atoms with van der Waals surface area (Å²) in [5.74, 6) is 0.321. The van der Waals surface area contributed by atoms with Crippen molar-refractivity contribution in [3.63, 3.8) is 0 Å². The molecule has 2 rings (SSSR count). The van der Waals surface area contributed by atoms with Gasteiger partial charge in [-0.1, -0.05) is 12.1 Å². The summed E-state index contributed by atoms with van der Waals surface area (Å²) in [6.45, 7) is -3.10. The Kier molecular flexibility index (Phi) is 3.85. The molecule has 1 aromatic rings. The predicted molar refractivity (Wildman–Crippen MR) is 66.3 cm³/mol. The van der Waals surface area contributed by atoms with E-state index in [0.29, 0.717) is 5.75 Å². The summed E-state index contributed by atoms with van der Waals surface area (Å²) in [5.41, 5.74) is -0.597. The molecule has 0 spiro atoms. The molecule has 0 N–H and O–H groups in total. The van der Waals surface area contributed by atoms with Crippen LogP contribution in [0.1, 0.15) is 12.8 Å². The lowest BCUT2D eigenvalue weighted by atomic mass is 9.80. The van der Waals surface area contributed by atoms with Crippen molar-refractivity contribution < 1.29 is 17.7 Å². The number of rotatable bonds is 3. The molecule has 0 radical (unpaired) electrons. The Bertz CT molecular complexity index is 403. The van der Waals surface area contributed by atoms with Crippen LogP contribution in [0, 0.1) is 0 Å². The van der Waals surface area contributed by atoms with Gasteiger partial charge in [-0.15, -0.1) is 5.46 Å². The molecule has 1 aliphatic rings. The maximum absolute atomic E-state index is 12.6. The van der Waals surface area contributed by atoms with E-state index in [9.17, 15) is 12.9 Å². The van der Waals surface area contributed by atoms with Crippen LogP contribution in [-0.4, -0.2) is 38.1 Å². The van der Waals surface area contributed by atoms with E-state index in [4.69, 9.17) is 4.74 Å². The minimum absolute atomic E-state index is 0.0252. The van der Waals surface area contributed by atoms with Gasteiger partial charge in [0.25, 0.3) is 0 Å². The second kappa shape index (κ2) is 5.22. The van der Waals surface area contributed by atoms with Gasteiger partial charge in [0.15, 0.2) is 0 Å². The van der Waals surface area contributed by atoms with E-state index >= 15 is 0 Å². The van der Waals surface area contributed by atoms with Gasteiger partial charge in [-0.05, 0) is 32.0 Å². The molecule has 0 aromatic heterocycles. The molecule has 1 heterocycles. The molecule has 0 aliphatic carbocycles. The normalized spacial score (nSPS) is 18.9. The fraction of sp³-hybridized carbons (Fsp3) is 0.500. The number of hydrogen-bond donors (Lipinski definition) is 0. The van der Waals surface area contributed by atoms with Crippen molar-refractivity contribution in [1.82, 2.24) is 4.90 Å². The average molecular weight is 258 g/mol. The molecule has 18 heavy (non-hydrogen) atoms. The zero-order valence-corrected chi connectivity index (χ0v) is 10.3. The Balaban J connectivity index is 2.01. The maximum Gasteiger partial charge on any atom is 0.509 e. The molecular formula is C12H16BF3NO-. The van der Waals surface area contributed by atoms with Crippen LogP contribution in [0.2, 0.25) is 0 Å². The van der Waals surface area contributed by atoms with Crippen molar-refractivity contribution in [3.05, 3.63) is 24.3 Å². The van der Waals surface area contributed by atoms with E-state index < -0.39 is 12.4 Å². The summed E-state index contributed by atoms with van der Waals surface area (Å²) in [7, 11) is 2.03. The van der Waals surface area contributed by atoms with Gasteiger partial charge in [0.1, 0.15) is 11.9 Å². The Morgan fingerprint density at radius 2 is 1.89 bits per heavy atom. The second-order valence-corrected chi connectivity index (χ2v) is 4.77. The first-order valence-electron chi connectivity index (χ1n) is 6.10. The van der Waals surface area contributed by atoms with Gasteiger partial charge < -0.3 is 22.6 Å². The second-order valence-electron chi connectivity index (χ2n) is 4.77. The van der Waals surface area contributed by atoms with Crippen LogP contribution in [-0.2, 0) is 0 Å². The lowest BCUT2D eigenvalue weighted by Gasteiger charge is -2.29. The molecule has 2 nitrogen and oxygen atoms in total. The van der Waals surface area contributed by atoms with Crippen LogP contribution in [0.4, 0.5) is 12.9 Å². The molecule has 100 valence electrons. The number of benzene rings is 1. The number of ether oxygens (including phenoxy) is 1. The topological polar surface area (TPSA) is 12.5 Å². The number of nitrogens with zero attached hydrogens (tertiary/aromatic N) is 1. The summed E-state index contributed by atoms with van der Waals surface area (Å²) in [6.07, 6.45) is 1.74. The van der Waals surface area contributed by atoms with Crippen LogP contribution in [0.15, 0.2) is 24.3 Å². The maximum atomic E-state index is 12.6. The molecule has 0 amide bonds. The number of piperidine rings is 1. The van der Waals surface area contributed by atoms with Crippen LogP contribution in [0.25, 0.3) is 0 Å². The van der Waals surface area contributed by atoms with Crippen molar-refractivity contribution in [2.45, 2.75) is 18.9 Å². The molecule has 1 fully saturated rings. The molecule has 6 heteroatoms. The highest BCUT2D eigenvalue weighted by atomic mass is 19.4. The average Bonchev–Trinajstić information content (AvgIpc) is 2.31. The van der Waals surface area contributed by atoms with Gasteiger partial charge in [0.05, 0.1) is 0 Å². The lowest BCUT2D eigenvalue weighted by Crippen LogP contribution is -2.36. The number of hydrogen-bond acceptors (Lipinski definition) is 2. The van der Waals surface area contributed by atoms with Gasteiger partial charge in [-0.3, -0.25) is 0 Å². The Labute approximate surface area is 105 Å². The summed E-state index contributed by atoms with van der Waals surface area (Å²) in [6, 6.07) is 5.17. The molecule has 0 atom stereocenters. The van der Waals surface area contributed by atoms with Crippen molar-refractivity contribution in [2.75, 3.05) is 20.1 Å². The lowest BCUT2D eigenvalue weighted by molar-refractivity contribution is 0.114. The van der Waals surface area contributed by atoms with E-state index in [2.05, 4.69) is 4.90 Å². The van der Waals surface area contributed by atoms with Gasteiger partial charge in [-0.25, -0.2) is 0 Å². The molecule has 0 bridgehead atoms. The van der Waals surface area contributed by atoms with E-state index in [-0.39, 0.29) is 6.10 Å². The molecule has 0 unspecified atom stereocenters. The van der Waals surface area contributed by atoms with E-state index in [1.54, 1.807) is 6.07 Å². The third-order valence-electron chi connectivity index (χ3n) is 3.20. The SMILES string of the molecule is CN1CCC(Oc2cccc([B-](F)(F)F)c2)CC1. The number of halogens is 3. The van der Waals surface area contributed by atoms with E-state index in [1.807, 2.05) is 7.05 Å². The van der Waals surface area contributed by atoms with Crippen molar-refractivity contribution in [2.24, 2.45) is 0 Å². The molecule has 1 saturated heterocycles. The van der Waals surface area contributed by atoms with Crippen molar-refractivity contribution in [3.8, 4) is 5.75 Å². The first-order chi connectivity index (χ1) is 8.45. The molecule has 1 aromatic carbocycles. The highest BCUT2D eigenvalue weighted by molar-refractivity contribution is 6.73. The van der Waals surface area contributed by atoms with Crippen LogP contribution >= 0.6 is 0 Å². The standard InChI is InChI=1S/C12H16BF3NO/c1-17-7-5-11(6-8-17)18-12-4-2-3-10(9-12)13(14,15)16/h2-4,9,11H,5-8H2,1H3/q-1. The van der Waals surface area contributed by atoms with Crippen molar-refractivity contribution in [1.29, 1.82) is 0 Å². The van der Waals surface area contributed by atoms with E-state index in [0.717, 1.165) is 38.1 Å². The largest absolute Gasteiger partial charge is 0.509 e. The summed E-state index contributed by atoms with van der Waals surface area (Å²) in [5, 5.41) is 0. The smallest absolute Gasteiger partial charge is 0.490 e. The zero-order chi connectivity index (χ0) is 13.2. The fourth-order valence-electron chi connectivity index (χ4n) is 2.09. The zero-order valence-electron chi connectivity index (χ0n) is 10.3. The van der Waals surface area contributed by atoms with E-state index in [1.165, 1.54) is 6.07 Å². The van der Waals surface area contributed by atoms with Crippen LogP contribution in [0.3, 0.4) is 0 Å². The molecule has 0 saturated carbocycles. The highest BCUT2D eigenvalue weighted by Crippen LogP contribution is 2.19. The third kappa shape index (κ3) is 3.42. The first kappa shape index (κ1) is 13.3.